The van der Waals surface area contributed by atoms with Crippen molar-refractivity contribution in [3.63, 3.8) is 0 Å². The maximum atomic E-state index is 12.3. The molecule has 1 aromatic rings. The van der Waals surface area contributed by atoms with E-state index in [0.717, 1.165) is 11.8 Å². The second-order valence-electron chi connectivity index (χ2n) is 5.47. The zero-order valence-corrected chi connectivity index (χ0v) is 13.7. The van der Waals surface area contributed by atoms with Crippen molar-refractivity contribution >= 4 is 15.8 Å². The Hall–Kier alpha value is -1.60. The van der Waals surface area contributed by atoms with Gasteiger partial charge in [0.05, 0.1) is 19.0 Å². The molecule has 1 aromatic carbocycles. The molecule has 0 radical (unpaired) electrons. The van der Waals surface area contributed by atoms with Gasteiger partial charge in [0.2, 0.25) is 0 Å². The van der Waals surface area contributed by atoms with E-state index in [2.05, 4.69) is 0 Å². The Balaban J connectivity index is 2.44. The first-order valence-corrected chi connectivity index (χ1v) is 8.98. The van der Waals surface area contributed by atoms with Gasteiger partial charge in [0.15, 0.2) is 9.84 Å². The van der Waals surface area contributed by atoms with Crippen molar-refractivity contribution in [2.45, 2.75) is 18.1 Å². The highest BCUT2D eigenvalue weighted by molar-refractivity contribution is 7.91. The number of esters is 1. The molecule has 0 saturated heterocycles. The number of methoxy groups -OCH3 is 1. The summed E-state index contributed by atoms with van der Waals surface area (Å²) in [5, 5.41) is -0.850. The number of nitrogens with two attached hydrogens (primary N) is 1. The van der Waals surface area contributed by atoms with E-state index < -0.39 is 32.4 Å². The van der Waals surface area contributed by atoms with Gasteiger partial charge in [0, 0.05) is 18.7 Å². The minimum absolute atomic E-state index is 0.0692. The highest BCUT2D eigenvalue weighted by atomic mass is 32.2. The number of carbonyl (C=O) groups excluding carboxylic acids is 1. The third-order valence-electron chi connectivity index (χ3n) is 4.19. The van der Waals surface area contributed by atoms with Crippen molar-refractivity contribution in [3.8, 4) is 5.75 Å². The van der Waals surface area contributed by atoms with Crippen LogP contribution < -0.4 is 10.5 Å². The molecule has 1 aliphatic rings. The van der Waals surface area contributed by atoms with Crippen LogP contribution in [0.4, 0.5) is 0 Å². The van der Waals surface area contributed by atoms with Crippen molar-refractivity contribution < 1.29 is 22.7 Å². The van der Waals surface area contributed by atoms with Crippen molar-refractivity contribution in [1.29, 1.82) is 0 Å². The van der Waals surface area contributed by atoms with Crippen LogP contribution in [0.2, 0.25) is 0 Å². The van der Waals surface area contributed by atoms with E-state index in [1.807, 2.05) is 0 Å². The van der Waals surface area contributed by atoms with Gasteiger partial charge in [0.1, 0.15) is 11.2 Å². The molecule has 0 bridgehead atoms. The summed E-state index contributed by atoms with van der Waals surface area (Å²) in [5.41, 5.74) is 5.33. The van der Waals surface area contributed by atoms with E-state index >= 15 is 0 Å². The number of hydrogen-bond donors (Lipinski definition) is 1. The molecule has 22 heavy (non-hydrogen) atoms. The predicted molar refractivity (Wildman–Crippen MR) is 82.5 cm³/mol. The molecule has 0 aliphatic heterocycles. The largest absolute Gasteiger partial charge is 0.497 e. The van der Waals surface area contributed by atoms with Crippen LogP contribution in [0.3, 0.4) is 0 Å². The Morgan fingerprint density at radius 2 is 1.91 bits per heavy atom. The minimum atomic E-state index is -3.44. The molecule has 0 spiro atoms. The SMILES string of the molecule is CCOC(=O)[C@]1(CN)[C@H](c2ccc(OC)cc2)[C@H]1S(C)(=O)=O. The molecule has 3 atom stereocenters. The van der Waals surface area contributed by atoms with Gasteiger partial charge in [0.25, 0.3) is 0 Å². The van der Waals surface area contributed by atoms with Crippen molar-refractivity contribution in [3.05, 3.63) is 29.8 Å². The summed E-state index contributed by atoms with van der Waals surface area (Å²) >= 11 is 0. The fourth-order valence-electron chi connectivity index (χ4n) is 3.15. The first-order valence-electron chi connectivity index (χ1n) is 7.03. The quantitative estimate of drug-likeness (QED) is 0.773. The Bertz CT molecular complexity index is 655. The Kier molecular flexibility index (Phi) is 4.49. The normalized spacial score (nSPS) is 27.3. The van der Waals surface area contributed by atoms with Crippen LogP contribution in [0.25, 0.3) is 0 Å². The first-order chi connectivity index (χ1) is 10.3. The van der Waals surface area contributed by atoms with E-state index in [9.17, 15) is 13.2 Å². The van der Waals surface area contributed by atoms with Gasteiger partial charge in [-0.1, -0.05) is 12.1 Å². The average Bonchev–Trinajstić information content (AvgIpc) is 3.18. The van der Waals surface area contributed by atoms with Crippen LogP contribution in [0, 0.1) is 5.41 Å². The average molecular weight is 327 g/mol. The highest BCUT2D eigenvalue weighted by Gasteiger charge is 2.74. The molecule has 1 saturated carbocycles. The number of carbonyl (C=O) groups is 1. The third kappa shape index (κ3) is 2.59. The molecule has 7 heteroatoms. The van der Waals surface area contributed by atoms with Gasteiger partial charge in [-0.25, -0.2) is 8.42 Å². The van der Waals surface area contributed by atoms with Crippen LogP contribution >= 0.6 is 0 Å². The van der Waals surface area contributed by atoms with Gasteiger partial charge in [-0.15, -0.1) is 0 Å². The van der Waals surface area contributed by atoms with Crippen LogP contribution in [0.5, 0.6) is 5.75 Å². The van der Waals surface area contributed by atoms with E-state index in [1.54, 1.807) is 38.3 Å². The van der Waals surface area contributed by atoms with Gasteiger partial charge >= 0.3 is 5.97 Å². The smallest absolute Gasteiger partial charge is 0.315 e. The molecule has 2 rings (SSSR count). The van der Waals surface area contributed by atoms with Crippen LogP contribution in [-0.2, 0) is 19.4 Å². The van der Waals surface area contributed by atoms with E-state index in [4.69, 9.17) is 15.2 Å². The molecular weight excluding hydrogens is 306 g/mol. The zero-order valence-electron chi connectivity index (χ0n) is 12.9. The fourth-order valence-corrected chi connectivity index (χ4v) is 5.07. The zero-order chi connectivity index (χ0) is 16.5. The van der Waals surface area contributed by atoms with Gasteiger partial charge < -0.3 is 15.2 Å². The topological polar surface area (TPSA) is 95.7 Å². The first kappa shape index (κ1) is 16.8. The lowest BCUT2D eigenvalue weighted by molar-refractivity contribution is -0.149. The van der Waals surface area contributed by atoms with Crippen LogP contribution in [0.15, 0.2) is 24.3 Å². The van der Waals surface area contributed by atoms with E-state index in [1.165, 1.54) is 0 Å². The van der Waals surface area contributed by atoms with E-state index in [-0.39, 0.29) is 13.2 Å². The summed E-state index contributed by atoms with van der Waals surface area (Å²) in [6.45, 7) is 1.80. The second kappa shape index (κ2) is 5.89. The number of sulfone groups is 1. The second-order valence-corrected chi connectivity index (χ2v) is 7.63. The molecule has 6 nitrogen and oxygen atoms in total. The number of hydrogen-bond acceptors (Lipinski definition) is 6. The fraction of sp³-hybridized carbons (Fsp3) is 0.533. The van der Waals surface area contributed by atoms with E-state index in [0.29, 0.717) is 5.75 Å². The van der Waals surface area contributed by atoms with Crippen molar-refractivity contribution in [2.24, 2.45) is 11.1 Å². The molecule has 0 heterocycles. The summed E-state index contributed by atoms with van der Waals surface area (Å²) in [4.78, 5) is 12.3. The predicted octanol–water partition coefficient (Wildman–Crippen LogP) is 0.714. The van der Waals surface area contributed by atoms with Gasteiger partial charge in [-0.3, -0.25) is 4.79 Å². The molecule has 1 aliphatic carbocycles. The van der Waals surface area contributed by atoms with Crippen LogP contribution in [0.1, 0.15) is 18.4 Å². The standard InChI is InChI=1S/C15H21NO5S/c1-4-21-14(17)15(9-16)12(13(15)22(3,18)19)10-5-7-11(20-2)8-6-10/h5-8,12-13H,4,9,16H2,1-3H3/t12-,13-,15-/m1/s1. The maximum Gasteiger partial charge on any atom is 0.315 e. The molecule has 0 unspecified atom stereocenters. The highest BCUT2D eigenvalue weighted by Crippen LogP contribution is 2.63. The number of benzene rings is 1. The summed E-state index contributed by atoms with van der Waals surface area (Å²) < 4.78 is 34.4. The summed E-state index contributed by atoms with van der Waals surface area (Å²) in [5.74, 6) is -0.374. The number of ether oxygens (including phenoxy) is 2. The lowest BCUT2D eigenvalue weighted by Crippen LogP contribution is -2.33. The Labute approximate surface area is 130 Å². The molecular formula is C15H21NO5S. The molecule has 2 N–H and O–H groups in total. The number of rotatable bonds is 6. The minimum Gasteiger partial charge on any atom is -0.497 e. The monoisotopic (exact) mass is 327 g/mol. The molecule has 1 fully saturated rings. The Morgan fingerprint density at radius 3 is 2.32 bits per heavy atom. The van der Waals surface area contributed by atoms with Gasteiger partial charge in [-0.2, -0.15) is 0 Å². The lowest BCUT2D eigenvalue weighted by atomic mass is 9.99. The van der Waals surface area contributed by atoms with Gasteiger partial charge in [-0.05, 0) is 24.6 Å². The third-order valence-corrected chi connectivity index (χ3v) is 5.80. The molecule has 122 valence electrons. The maximum absolute atomic E-state index is 12.3. The van der Waals surface area contributed by atoms with Crippen molar-refractivity contribution in [2.75, 3.05) is 26.5 Å². The summed E-state index contributed by atoms with van der Waals surface area (Å²) in [6.07, 6.45) is 1.13. The lowest BCUT2D eigenvalue weighted by Gasteiger charge is -2.14. The molecule has 0 aromatic heterocycles. The molecule has 0 amide bonds. The van der Waals surface area contributed by atoms with Crippen LogP contribution in [-0.4, -0.2) is 46.2 Å². The van der Waals surface area contributed by atoms with Crippen molar-refractivity contribution in [1.82, 2.24) is 0 Å². The Morgan fingerprint density at radius 1 is 1.32 bits per heavy atom. The summed E-state index contributed by atoms with van der Waals surface area (Å²) in [6, 6.07) is 7.00. The summed E-state index contributed by atoms with van der Waals surface area (Å²) in [7, 11) is -1.89.